The Morgan fingerprint density at radius 2 is 1.91 bits per heavy atom. The molecule has 4 heterocycles. The number of nitrogens with one attached hydrogen (secondary N) is 1. The average molecular weight is 436 g/mol. The summed E-state index contributed by atoms with van der Waals surface area (Å²) < 4.78 is 6.91. The Morgan fingerprint density at radius 3 is 2.66 bits per heavy atom. The van der Waals surface area contributed by atoms with Gasteiger partial charge in [0.05, 0.1) is 18.7 Å². The Labute approximate surface area is 184 Å². The van der Waals surface area contributed by atoms with Gasteiger partial charge in [0.2, 0.25) is 5.82 Å². The van der Waals surface area contributed by atoms with Crippen molar-refractivity contribution in [1.82, 2.24) is 35.1 Å². The molecule has 11 heteroatoms. The van der Waals surface area contributed by atoms with Gasteiger partial charge in [-0.3, -0.25) is 14.7 Å². The highest BCUT2D eigenvalue weighted by Gasteiger charge is 2.26. The van der Waals surface area contributed by atoms with E-state index in [2.05, 4.69) is 30.8 Å². The first-order chi connectivity index (χ1) is 15.3. The minimum Gasteiger partial charge on any atom is -0.447 e. The Balaban J connectivity index is 1.48. The van der Waals surface area contributed by atoms with Crippen molar-refractivity contribution >= 4 is 17.8 Å². The van der Waals surface area contributed by atoms with Crippen molar-refractivity contribution in [2.75, 3.05) is 5.32 Å². The molecular formula is C21H24N8O3. The molecule has 1 aliphatic rings. The Morgan fingerprint density at radius 1 is 1.12 bits per heavy atom. The zero-order chi connectivity index (χ0) is 22.8. The van der Waals surface area contributed by atoms with E-state index in [0.29, 0.717) is 30.4 Å². The van der Waals surface area contributed by atoms with Gasteiger partial charge in [-0.25, -0.2) is 14.5 Å². The Kier molecular flexibility index (Phi) is 5.80. The van der Waals surface area contributed by atoms with Crippen molar-refractivity contribution in [3.05, 3.63) is 47.3 Å². The predicted octanol–water partition coefficient (Wildman–Crippen LogP) is 2.82. The molecule has 0 fully saturated rings. The van der Waals surface area contributed by atoms with Crippen LogP contribution in [0.2, 0.25) is 0 Å². The van der Waals surface area contributed by atoms with Gasteiger partial charge in [-0.05, 0) is 67.4 Å². The second kappa shape index (κ2) is 8.69. The summed E-state index contributed by atoms with van der Waals surface area (Å²) in [7, 11) is 0. The molecule has 32 heavy (non-hydrogen) atoms. The summed E-state index contributed by atoms with van der Waals surface area (Å²) in [5.74, 6) is 0.472. The predicted molar refractivity (Wildman–Crippen MR) is 114 cm³/mol. The molecule has 1 N–H and O–H groups in total. The summed E-state index contributed by atoms with van der Waals surface area (Å²) in [5.41, 5.74) is 2.54. The third-order valence-electron chi connectivity index (χ3n) is 4.83. The van der Waals surface area contributed by atoms with Crippen molar-refractivity contribution in [2.45, 2.75) is 52.9 Å². The van der Waals surface area contributed by atoms with Gasteiger partial charge in [0.1, 0.15) is 17.2 Å². The number of anilines is 1. The molecule has 4 rings (SSSR count). The molecule has 0 atom stereocenters. The number of carbonyl (C=O) groups excluding carboxylic acids is 2. The molecule has 0 bridgehead atoms. The highest BCUT2D eigenvalue weighted by Crippen LogP contribution is 2.24. The van der Waals surface area contributed by atoms with E-state index in [-0.39, 0.29) is 23.9 Å². The van der Waals surface area contributed by atoms with E-state index in [1.807, 2.05) is 13.8 Å². The molecule has 3 aromatic heterocycles. The number of ether oxygens (including phenoxy) is 1. The fraction of sp³-hybridized carbons (Fsp3) is 0.381. The lowest BCUT2D eigenvalue weighted by molar-refractivity contribution is 0.0760. The number of amides is 2. The van der Waals surface area contributed by atoms with E-state index in [4.69, 9.17) is 4.74 Å². The van der Waals surface area contributed by atoms with Crippen LogP contribution in [0.5, 0.6) is 0 Å². The van der Waals surface area contributed by atoms with Gasteiger partial charge in [0.25, 0.3) is 5.91 Å². The molecule has 0 saturated heterocycles. The van der Waals surface area contributed by atoms with Gasteiger partial charge >= 0.3 is 6.09 Å². The summed E-state index contributed by atoms with van der Waals surface area (Å²) in [5, 5.41) is 14.5. The first-order valence-corrected chi connectivity index (χ1v) is 10.3. The SMILES string of the molecule is CC(C)OC(=O)N1Cc2cnc(C(=O)Nc3cccc(-c4nnnn4C(C)C)n3)cc2C1. The fourth-order valence-corrected chi connectivity index (χ4v) is 3.33. The second-order valence-electron chi connectivity index (χ2n) is 8.03. The van der Waals surface area contributed by atoms with Crippen molar-refractivity contribution in [3.63, 3.8) is 0 Å². The van der Waals surface area contributed by atoms with Gasteiger partial charge in [-0.15, -0.1) is 5.10 Å². The molecule has 3 aromatic rings. The zero-order valence-corrected chi connectivity index (χ0v) is 18.3. The van der Waals surface area contributed by atoms with Gasteiger partial charge in [0, 0.05) is 12.7 Å². The van der Waals surface area contributed by atoms with Crippen LogP contribution in [0.25, 0.3) is 11.5 Å². The Hall–Kier alpha value is -3.89. The highest BCUT2D eigenvalue weighted by atomic mass is 16.6. The normalized spacial score (nSPS) is 12.9. The number of fused-ring (bicyclic) bond motifs is 1. The molecular weight excluding hydrogens is 412 g/mol. The van der Waals surface area contributed by atoms with Crippen LogP contribution in [0.3, 0.4) is 0 Å². The van der Waals surface area contributed by atoms with Crippen LogP contribution >= 0.6 is 0 Å². The van der Waals surface area contributed by atoms with Crippen LogP contribution in [-0.2, 0) is 17.8 Å². The van der Waals surface area contributed by atoms with Crippen molar-refractivity contribution in [2.24, 2.45) is 0 Å². The van der Waals surface area contributed by atoms with Crippen LogP contribution < -0.4 is 5.32 Å². The maximum Gasteiger partial charge on any atom is 0.410 e. The molecule has 166 valence electrons. The number of tetrazole rings is 1. The number of rotatable bonds is 5. The molecule has 0 radical (unpaired) electrons. The van der Waals surface area contributed by atoms with Crippen LogP contribution in [-0.4, -0.2) is 53.2 Å². The van der Waals surface area contributed by atoms with E-state index in [1.165, 1.54) is 0 Å². The van der Waals surface area contributed by atoms with Gasteiger partial charge in [0.15, 0.2) is 0 Å². The summed E-state index contributed by atoms with van der Waals surface area (Å²) >= 11 is 0. The van der Waals surface area contributed by atoms with Crippen LogP contribution in [0.4, 0.5) is 10.6 Å². The van der Waals surface area contributed by atoms with Crippen molar-refractivity contribution in [1.29, 1.82) is 0 Å². The smallest absolute Gasteiger partial charge is 0.410 e. The number of hydrogen-bond donors (Lipinski definition) is 1. The molecule has 0 saturated carbocycles. The summed E-state index contributed by atoms with van der Waals surface area (Å²) in [4.78, 5) is 35.2. The summed E-state index contributed by atoms with van der Waals surface area (Å²) in [6.45, 7) is 8.32. The molecule has 0 unspecified atom stereocenters. The quantitative estimate of drug-likeness (QED) is 0.647. The van der Waals surface area contributed by atoms with Crippen molar-refractivity contribution in [3.8, 4) is 11.5 Å². The maximum absolute atomic E-state index is 12.8. The van der Waals surface area contributed by atoms with E-state index < -0.39 is 5.91 Å². The lowest BCUT2D eigenvalue weighted by Gasteiger charge is -2.17. The van der Waals surface area contributed by atoms with Crippen LogP contribution in [0.1, 0.15) is 55.4 Å². The molecule has 11 nitrogen and oxygen atoms in total. The second-order valence-corrected chi connectivity index (χ2v) is 8.03. The fourth-order valence-electron chi connectivity index (χ4n) is 3.33. The number of carbonyl (C=O) groups is 2. The topological polar surface area (TPSA) is 128 Å². The van der Waals surface area contributed by atoms with Crippen LogP contribution in [0, 0.1) is 0 Å². The standard InChI is InChI=1S/C21H24N8O3/c1-12(2)29-19(25-26-27-29)16-6-5-7-18(23-16)24-20(30)17-8-14-10-28(11-15(14)9-22-17)21(31)32-13(3)4/h5-9,12-13H,10-11H2,1-4H3,(H,23,24,30). The largest absolute Gasteiger partial charge is 0.447 e. The lowest BCUT2D eigenvalue weighted by Crippen LogP contribution is -2.28. The maximum atomic E-state index is 12.8. The van der Waals surface area contributed by atoms with Gasteiger partial charge in [-0.2, -0.15) is 0 Å². The third-order valence-corrected chi connectivity index (χ3v) is 4.83. The number of hydrogen-bond acceptors (Lipinski definition) is 8. The molecule has 2 amide bonds. The first-order valence-electron chi connectivity index (χ1n) is 10.3. The van der Waals surface area contributed by atoms with E-state index in [1.54, 1.807) is 53.9 Å². The minimum atomic E-state index is -0.399. The van der Waals surface area contributed by atoms with Gasteiger partial charge in [-0.1, -0.05) is 6.07 Å². The van der Waals surface area contributed by atoms with E-state index >= 15 is 0 Å². The minimum absolute atomic E-state index is 0.0630. The molecule has 0 spiro atoms. The lowest BCUT2D eigenvalue weighted by atomic mass is 10.1. The third kappa shape index (κ3) is 4.41. The first kappa shape index (κ1) is 21.3. The highest BCUT2D eigenvalue weighted by molar-refractivity contribution is 6.02. The summed E-state index contributed by atoms with van der Waals surface area (Å²) in [6, 6.07) is 6.98. The average Bonchev–Trinajstić information content (AvgIpc) is 3.40. The molecule has 1 aliphatic heterocycles. The van der Waals surface area contributed by atoms with Crippen molar-refractivity contribution < 1.29 is 14.3 Å². The van der Waals surface area contributed by atoms with Gasteiger partial charge < -0.3 is 10.1 Å². The van der Waals surface area contributed by atoms with Crippen LogP contribution in [0.15, 0.2) is 30.5 Å². The van der Waals surface area contributed by atoms with E-state index in [9.17, 15) is 9.59 Å². The number of aromatic nitrogens is 6. The van der Waals surface area contributed by atoms with E-state index in [0.717, 1.165) is 11.1 Å². The molecule has 0 aliphatic carbocycles. The monoisotopic (exact) mass is 436 g/mol. The summed E-state index contributed by atoms with van der Waals surface area (Å²) in [6.07, 6.45) is 1.04. The number of pyridine rings is 2. The molecule has 0 aromatic carbocycles. The Bertz CT molecular complexity index is 1160. The number of nitrogens with zero attached hydrogens (tertiary/aromatic N) is 7. The zero-order valence-electron chi connectivity index (χ0n) is 18.3.